The molecule has 0 atom stereocenters. The summed E-state index contributed by atoms with van der Waals surface area (Å²) in [5.41, 5.74) is -1.06. The number of alkyl halides is 3. The van der Waals surface area contributed by atoms with E-state index < -0.39 is 44.4 Å². The highest BCUT2D eigenvalue weighted by atomic mass is 32.2. The normalized spacial score (nSPS) is 11.8. The van der Waals surface area contributed by atoms with Crippen molar-refractivity contribution in [3.8, 4) is 5.75 Å². The van der Waals surface area contributed by atoms with Crippen LogP contribution in [0.15, 0.2) is 47.4 Å². The Kier molecular flexibility index (Phi) is 4.88. The molecule has 2 rings (SSSR count). The van der Waals surface area contributed by atoms with Gasteiger partial charge in [0.1, 0.15) is 11.6 Å². The Labute approximate surface area is 138 Å². The average Bonchev–Trinajstić information content (AvgIpc) is 2.47. The number of aromatic carboxylic acids is 1. The number of rotatable bonds is 5. The molecule has 0 amide bonds. The minimum atomic E-state index is -4.89. The Morgan fingerprint density at radius 2 is 1.68 bits per heavy atom. The number of nitrogens with one attached hydrogen (secondary N) is 1. The van der Waals surface area contributed by atoms with Crippen LogP contribution in [0.1, 0.15) is 10.4 Å². The molecule has 1 N–H and O–H groups in total. The van der Waals surface area contributed by atoms with Crippen molar-refractivity contribution in [1.29, 1.82) is 0 Å². The van der Waals surface area contributed by atoms with Crippen LogP contribution in [0.5, 0.6) is 5.75 Å². The molecule has 0 heterocycles. The maximum Gasteiger partial charge on any atom is 0.573 e. The number of carboxylic acid groups (broad SMARTS) is 1. The molecule has 2 aromatic carbocycles. The molecule has 0 saturated carbocycles. The van der Waals surface area contributed by atoms with E-state index in [9.17, 15) is 35.9 Å². The fourth-order valence-corrected chi connectivity index (χ4v) is 2.85. The van der Waals surface area contributed by atoms with Gasteiger partial charge in [-0.15, -0.1) is 13.2 Å². The van der Waals surface area contributed by atoms with Crippen molar-refractivity contribution < 1.29 is 40.6 Å². The summed E-state index contributed by atoms with van der Waals surface area (Å²) in [6.07, 6.45) is -4.89. The van der Waals surface area contributed by atoms with Gasteiger partial charge >= 0.3 is 6.36 Å². The molecular weight excluding hydrogens is 370 g/mol. The summed E-state index contributed by atoms with van der Waals surface area (Å²) in [6.45, 7) is 0. The number of hydrogen-bond acceptors (Lipinski definition) is 5. The predicted octanol–water partition coefficient (Wildman–Crippen LogP) is 1.89. The Morgan fingerprint density at radius 3 is 2.20 bits per heavy atom. The zero-order valence-electron chi connectivity index (χ0n) is 12.0. The molecule has 0 bridgehead atoms. The highest BCUT2D eigenvalue weighted by Crippen LogP contribution is 2.25. The number of carbonyl (C=O) groups is 1. The summed E-state index contributed by atoms with van der Waals surface area (Å²) in [6, 6.07) is 5.79. The van der Waals surface area contributed by atoms with E-state index in [1.54, 1.807) is 0 Å². The molecule has 0 radical (unpaired) electrons. The smallest absolute Gasteiger partial charge is 0.545 e. The molecule has 0 aliphatic carbocycles. The van der Waals surface area contributed by atoms with E-state index in [1.165, 1.54) is 0 Å². The monoisotopic (exact) mass is 378 g/mol. The fourth-order valence-electron chi connectivity index (χ4n) is 1.77. The lowest BCUT2D eigenvalue weighted by Gasteiger charge is -2.12. The molecule has 0 aliphatic rings. The molecule has 0 unspecified atom stereocenters. The number of halogens is 4. The lowest BCUT2D eigenvalue weighted by atomic mass is 10.2. The number of carboxylic acids is 1. The Balaban J connectivity index is 2.24. The van der Waals surface area contributed by atoms with Gasteiger partial charge in [0.25, 0.3) is 10.0 Å². The summed E-state index contributed by atoms with van der Waals surface area (Å²) < 4.78 is 79.4. The van der Waals surface area contributed by atoms with Crippen molar-refractivity contribution in [1.82, 2.24) is 0 Å². The van der Waals surface area contributed by atoms with Crippen LogP contribution in [0, 0.1) is 5.82 Å². The number of ether oxygens (including phenoxy) is 1. The van der Waals surface area contributed by atoms with Crippen molar-refractivity contribution in [3.05, 3.63) is 53.8 Å². The van der Waals surface area contributed by atoms with Gasteiger partial charge in [-0.1, -0.05) is 0 Å². The summed E-state index contributed by atoms with van der Waals surface area (Å²) in [5.74, 6) is -3.63. The second-order valence-corrected chi connectivity index (χ2v) is 6.29. The third-order valence-corrected chi connectivity index (χ3v) is 4.19. The van der Waals surface area contributed by atoms with Crippen LogP contribution in [0.25, 0.3) is 0 Å². The van der Waals surface area contributed by atoms with Gasteiger partial charge in [-0.3, -0.25) is 4.72 Å². The summed E-state index contributed by atoms with van der Waals surface area (Å²) in [7, 11) is -4.30. The third-order valence-electron chi connectivity index (χ3n) is 2.81. The number of hydrogen-bond donors (Lipinski definition) is 1. The molecule has 11 heteroatoms. The van der Waals surface area contributed by atoms with Crippen molar-refractivity contribution in [2.24, 2.45) is 0 Å². The first kappa shape index (κ1) is 18.5. The lowest BCUT2D eigenvalue weighted by Crippen LogP contribution is -2.24. The van der Waals surface area contributed by atoms with Crippen LogP contribution in [0.3, 0.4) is 0 Å². The SMILES string of the molecule is O=C([O-])c1cc(S(=O)(=O)Nc2ccc(OC(F)(F)F)cc2)ccc1F. The summed E-state index contributed by atoms with van der Waals surface area (Å²) >= 11 is 0. The number of anilines is 1. The zero-order chi connectivity index (χ0) is 18.8. The van der Waals surface area contributed by atoms with Crippen LogP contribution >= 0.6 is 0 Å². The third kappa shape index (κ3) is 4.83. The molecule has 6 nitrogen and oxygen atoms in total. The summed E-state index contributed by atoms with van der Waals surface area (Å²) in [5, 5.41) is 10.7. The first-order valence-corrected chi connectivity index (χ1v) is 7.86. The molecule has 0 aliphatic heterocycles. The van der Waals surface area contributed by atoms with Crippen LogP contribution in [-0.2, 0) is 10.0 Å². The van der Waals surface area contributed by atoms with Gasteiger partial charge < -0.3 is 14.6 Å². The van der Waals surface area contributed by atoms with Crippen molar-refractivity contribution in [2.45, 2.75) is 11.3 Å². The maximum absolute atomic E-state index is 13.3. The molecule has 25 heavy (non-hydrogen) atoms. The Bertz CT molecular complexity index is 894. The molecule has 0 spiro atoms. The molecular formula is C14H8F4NO5S-. The standard InChI is InChI=1S/C14H9F4NO5S/c15-12-6-5-10(7-11(12)13(20)21)25(22,23)19-8-1-3-9(4-2-8)24-14(16,17)18/h1-7,19H,(H,20,21)/p-1. The van der Waals surface area contributed by atoms with Gasteiger partial charge in [-0.05, 0) is 42.5 Å². The van der Waals surface area contributed by atoms with Crippen LogP contribution < -0.4 is 14.6 Å². The molecule has 0 fully saturated rings. The van der Waals surface area contributed by atoms with Crippen molar-refractivity contribution >= 4 is 21.7 Å². The second kappa shape index (κ2) is 6.59. The van der Waals surface area contributed by atoms with Gasteiger partial charge in [-0.25, -0.2) is 12.8 Å². The van der Waals surface area contributed by atoms with Gasteiger partial charge in [0, 0.05) is 11.3 Å². The minimum absolute atomic E-state index is 0.117. The van der Waals surface area contributed by atoms with E-state index in [1.807, 2.05) is 4.72 Å². The topological polar surface area (TPSA) is 95.5 Å². The molecule has 0 aromatic heterocycles. The van der Waals surface area contributed by atoms with E-state index in [4.69, 9.17) is 0 Å². The highest BCUT2D eigenvalue weighted by Gasteiger charge is 2.31. The number of sulfonamides is 1. The fraction of sp³-hybridized carbons (Fsp3) is 0.0714. The van der Waals surface area contributed by atoms with E-state index in [0.717, 1.165) is 30.3 Å². The van der Waals surface area contributed by atoms with Gasteiger partial charge in [0.15, 0.2) is 0 Å². The molecule has 0 saturated heterocycles. The van der Waals surface area contributed by atoms with E-state index in [0.29, 0.717) is 12.1 Å². The quantitative estimate of drug-likeness (QED) is 0.802. The van der Waals surface area contributed by atoms with Crippen molar-refractivity contribution in [3.63, 3.8) is 0 Å². The second-order valence-electron chi connectivity index (χ2n) is 4.61. The van der Waals surface area contributed by atoms with Crippen LogP contribution in [-0.4, -0.2) is 20.7 Å². The van der Waals surface area contributed by atoms with Crippen molar-refractivity contribution in [2.75, 3.05) is 4.72 Å². The van der Waals surface area contributed by atoms with Crippen LogP contribution in [0.2, 0.25) is 0 Å². The molecule has 134 valence electrons. The molecule has 2 aromatic rings. The Morgan fingerprint density at radius 1 is 1.08 bits per heavy atom. The van der Waals surface area contributed by atoms with E-state index >= 15 is 0 Å². The van der Waals surface area contributed by atoms with Gasteiger partial charge in [0.2, 0.25) is 0 Å². The first-order valence-electron chi connectivity index (χ1n) is 6.37. The zero-order valence-corrected chi connectivity index (χ0v) is 12.8. The highest BCUT2D eigenvalue weighted by molar-refractivity contribution is 7.92. The number of carbonyl (C=O) groups excluding carboxylic acids is 1. The largest absolute Gasteiger partial charge is 0.573 e. The average molecular weight is 378 g/mol. The van der Waals surface area contributed by atoms with E-state index in [2.05, 4.69) is 4.74 Å². The van der Waals surface area contributed by atoms with Gasteiger partial charge in [0.05, 0.1) is 10.9 Å². The lowest BCUT2D eigenvalue weighted by molar-refractivity contribution is -0.274. The first-order chi connectivity index (χ1) is 11.5. The predicted molar refractivity (Wildman–Crippen MR) is 74.7 cm³/mol. The van der Waals surface area contributed by atoms with Crippen LogP contribution in [0.4, 0.5) is 23.2 Å². The maximum atomic E-state index is 13.3. The number of benzene rings is 2. The summed E-state index contributed by atoms with van der Waals surface area (Å²) in [4.78, 5) is 10.2. The van der Waals surface area contributed by atoms with E-state index in [-0.39, 0.29) is 5.69 Å². The Hall–Kier alpha value is -2.82. The van der Waals surface area contributed by atoms with Gasteiger partial charge in [-0.2, -0.15) is 0 Å². The minimum Gasteiger partial charge on any atom is -0.545 e.